The van der Waals surface area contributed by atoms with E-state index in [2.05, 4.69) is 156 Å². The molecule has 0 amide bonds. The van der Waals surface area contributed by atoms with Gasteiger partial charge in [-0.15, -0.1) is 23.5 Å². The highest BCUT2D eigenvalue weighted by atomic mass is 32.2. The van der Waals surface area contributed by atoms with Crippen molar-refractivity contribution in [1.82, 2.24) is 9.13 Å². The number of fused-ring (bicyclic) bond motifs is 6. The van der Waals surface area contributed by atoms with Crippen LogP contribution in [-0.2, 0) is 13.1 Å². The minimum atomic E-state index is -0.619. The van der Waals surface area contributed by atoms with Crippen LogP contribution in [0.1, 0.15) is 25.0 Å². The molecule has 2 atom stereocenters. The Labute approximate surface area is 418 Å². The summed E-state index contributed by atoms with van der Waals surface area (Å²) in [4.78, 5) is 2.18. The number of para-hydroxylation sites is 4. The van der Waals surface area contributed by atoms with E-state index >= 15 is 0 Å². The Bertz CT molecular complexity index is 3180. The van der Waals surface area contributed by atoms with E-state index in [1.54, 1.807) is 23.5 Å². The summed E-state index contributed by atoms with van der Waals surface area (Å²) in [5.74, 6) is 1.05. The van der Waals surface area contributed by atoms with Crippen LogP contribution in [-0.4, -0.2) is 68.6 Å². The van der Waals surface area contributed by atoms with Crippen LogP contribution in [0.2, 0.25) is 0 Å². The minimum absolute atomic E-state index is 0.355. The molecule has 2 aromatic heterocycles. The summed E-state index contributed by atoms with van der Waals surface area (Å²) < 4.78 is 4.70. The summed E-state index contributed by atoms with van der Waals surface area (Å²) in [5.41, 5.74) is 11.0. The second-order valence-electron chi connectivity index (χ2n) is 17.4. The van der Waals surface area contributed by atoms with Gasteiger partial charge in [-0.3, -0.25) is 10.0 Å². The zero-order chi connectivity index (χ0) is 47.8. The highest BCUT2D eigenvalue weighted by molar-refractivity contribution is 7.99. The molecule has 8 aromatic carbocycles. The standard InChI is InChI=1S/C60H56N6O2S2/c1-3-63-57-21-13-11-19-53(57)55-35-43(23-33-59(55)63)37-61-65(47-15-7-5-8-16-47)39-49(67)41-69-51-29-25-45(26-30-51)46-27-31-52(32-28-46)70-42-50(68)40-66(48-17-9-6-10-18-48)62-38-44-24-34-60-56(36-44)54-20-12-14-22-58(54)64(60)4-2/h5-38,49-50,67-68H,3-4,39-42H2,1-2H3/b61-37+,62-38+. The molecule has 0 fully saturated rings. The van der Waals surface area contributed by atoms with E-state index in [1.165, 1.54) is 43.6 Å². The van der Waals surface area contributed by atoms with E-state index in [0.717, 1.165) is 56.5 Å². The number of thioether (sulfide) groups is 2. The predicted octanol–water partition coefficient (Wildman–Crippen LogP) is 13.6. The number of hydrogen-bond donors (Lipinski definition) is 2. The molecule has 0 spiro atoms. The highest BCUT2D eigenvalue weighted by Crippen LogP contribution is 2.32. The molecule has 8 nitrogen and oxygen atoms in total. The van der Waals surface area contributed by atoms with Gasteiger partial charge in [0.2, 0.25) is 0 Å². The number of aliphatic hydroxyl groups is 2. The lowest BCUT2D eigenvalue weighted by molar-refractivity contribution is 0.204. The summed E-state index contributed by atoms with van der Waals surface area (Å²) in [6.45, 7) is 6.88. The van der Waals surface area contributed by atoms with Crippen LogP contribution in [0.4, 0.5) is 11.4 Å². The topological polar surface area (TPSA) is 81.5 Å². The molecule has 0 saturated carbocycles. The molecule has 10 rings (SSSR count). The van der Waals surface area contributed by atoms with E-state index in [0.29, 0.717) is 24.6 Å². The molecule has 2 unspecified atom stereocenters. The van der Waals surface area contributed by atoms with Crippen molar-refractivity contribution in [2.24, 2.45) is 10.2 Å². The van der Waals surface area contributed by atoms with E-state index < -0.39 is 12.2 Å². The first-order chi connectivity index (χ1) is 34.4. The molecule has 0 aliphatic rings. The number of aliphatic hydroxyl groups excluding tert-OH is 2. The zero-order valence-corrected chi connectivity index (χ0v) is 41.1. The number of rotatable bonds is 19. The van der Waals surface area contributed by atoms with Crippen LogP contribution in [0.5, 0.6) is 0 Å². The smallest absolute Gasteiger partial charge is 0.0830 e. The maximum Gasteiger partial charge on any atom is 0.0830 e. The zero-order valence-electron chi connectivity index (χ0n) is 39.4. The molecule has 350 valence electrons. The number of hydrazone groups is 2. The molecular weight excluding hydrogens is 901 g/mol. The van der Waals surface area contributed by atoms with Crippen molar-refractivity contribution in [3.8, 4) is 11.1 Å². The molecule has 2 heterocycles. The van der Waals surface area contributed by atoms with E-state index in [-0.39, 0.29) is 0 Å². The third-order valence-corrected chi connectivity index (χ3v) is 15.0. The summed E-state index contributed by atoms with van der Waals surface area (Å²) >= 11 is 3.28. The van der Waals surface area contributed by atoms with E-state index in [1.807, 2.05) is 83.1 Å². The Morgan fingerprint density at radius 1 is 0.443 bits per heavy atom. The average Bonchev–Trinajstić information content (AvgIpc) is 3.91. The average molecular weight is 957 g/mol. The third kappa shape index (κ3) is 10.4. The number of benzene rings is 8. The highest BCUT2D eigenvalue weighted by Gasteiger charge is 2.16. The monoisotopic (exact) mass is 956 g/mol. The Hall–Kier alpha value is -7.08. The van der Waals surface area contributed by atoms with Crippen LogP contribution in [0.15, 0.2) is 214 Å². The van der Waals surface area contributed by atoms with Crippen LogP contribution in [0, 0.1) is 0 Å². The van der Waals surface area contributed by atoms with Gasteiger partial charge in [0.15, 0.2) is 0 Å². The maximum atomic E-state index is 11.3. The summed E-state index contributed by atoms with van der Waals surface area (Å²) in [6.07, 6.45) is 2.55. The lowest BCUT2D eigenvalue weighted by atomic mass is 10.1. The maximum absolute atomic E-state index is 11.3. The molecule has 0 bridgehead atoms. The lowest BCUT2D eigenvalue weighted by Crippen LogP contribution is -2.30. The van der Waals surface area contributed by atoms with Crippen LogP contribution in [0.3, 0.4) is 0 Å². The van der Waals surface area contributed by atoms with Crippen molar-refractivity contribution in [3.05, 3.63) is 205 Å². The first kappa shape index (κ1) is 46.6. The molecule has 10 heteroatoms. The van der Waals surface area contributed by atoms with Gasteiger partial charge in [-0.1, -0.05) is 109 Å². The van der Waals surface area contributed by atoms with Crippen molar-refractivity contribution in [2.45, 2.75) is 48.9 Å². The molecule has 2 N–H and O–H groups in total. The number of anilines is 2. The Morgan fingerprint density at radius 2 is 0.814 bits per heavy atom. The van der Waals surface area contributed by atoms with Gasteiger partial charge in [0.1, 0.15) is 0 Å². The fraction of sp³-hybridized carbons (Fsp3) is 0.167. The first-order valence-electron chi connectivity index (χ1n) is 24.0. The summed E-state index contributed by atoms with van der Waals surface area (Å²) in [7, 11) is 0. The van der Waals surface area contributed by atoms with Crippen molar-refractivity contribution in [2.75, 3.05) is 34.6 Å². The van der Waals surface area contributed by atoms with Gasteiger partial charge >= 0.3 is 0 Å². The van der Waals surface area contributed by atoms with Gasteiger partial charge in [0, 0.05) is 78.0 Å². The first-order valence-corrected chi connectivity index (χ1v) is 26.0. The molecular formula is C60H56N6O2S2. The Morgan fingerprint density at radius 3 is 1.21 bits per heavy atom. The van der Waals surface area contributed by atoms with Crippen LogP contribution < -0.4 is 10.0 Å². The molecule has 0 aliphatic carbocycles. The van der Waals surface area contributed by atoms with Gasteiger partial charge in [-0.05, 0) is 121 Å². The number of aryl methyl sites for hydroxylation is 2. The van der Waals surface area contributed by atoms with E-state index in [4.69, 9.17) is 10.2 Å². The van der Waals surface area contributed by atoms with Crippen molar-refractivity contribution >= 4 is 90.9 Å². The Balaban J connectivity index is 0.735. The second kappa shape index (κ2) is 21.7. The summed E-state index contributed by atoms with van der Waals surface area (Å²) in [5, 5.41) is 41.2. The molecule has 0 radical (unpaired) electrons. The Kier molecular flexibility index (Phi) is 14.5. The van der Waals surface area contributed by atoms with Crippen molar-refractivity contribution in [3.63, 3.8) is 0 Å². The molecule has 70 heavy (non-hydrogen) atoms. The van der Waals surface area contributed by atoms with Gasteiger partial charge < -0.3 is 19.3 Å². The van der Waals surface area contributed by atoms with Crippen molar-refractivity contribution in [1.29, 1.82) is 0 Å². The van der Waals surface area contributed by atoms with Crippen LogP contribution in [0.25, 0.3) is 54.7 Å². The quantitative estimate of drug-likeness (QED) is 0.0477. The predicted molar refractivity (Wildman–Crippen MR) is 298 cm³/mol. The minimum Gasteiger partial charge on any atom is -0.390 e. The number of aromatic nitrogens is 2. The number of nitrogens with zero attached hydrogens (tertiary/aromatic N) is 6. The fourth-order valence-electron chi connectivity index (χ4n) is 9.27. The largest absolute Gasteiger partial charge is 0.390 e. The van der Waals surface area contributed by atoms with Crippen molar-refractivity contribution < 1.29 is 10.2 Å². The van der Waals surface area contributed by atoms with Gasteiger partial charge in [-0.25, -0.2) is 0 Å². The molecule has 0 aliphatic heterocycles. The number of hydrogen-bond acceptors (Lipinski definition) is 8. The van der Waals surface area contributed by atoms with Gasteiger partial charge in [-0.2, -0.15) is 10.2 Å². The molecule has 0 saturated heterocycles. The van der Waals surface area contributed by atoms with Gasteiger partial charge in [0.05, 0.1) is 49.1 Å². The van der Waals surface area contributed by atoms with E-state index in [9.17, 15) is 10.2 Å². The normalized spacial score (nSPS) is 12.8. The summed E-state index contributed by atoms with van der Waals surface area (Å²) in [6, 6.07) is 67.2. The fourth-order valence-corrected chi connectivity index (χ4v) is 10.9. The van der Waals surface area contributed by atoms with Gasteiger partial charge in [0.25, 0.3) is 0 Å². The third-order valence-electron chi connectivity index (χ3n) is 12.7. The second-order valence-corrected chi connectivity index (χ2v) is 19.6. The SMILES string of the molecule is CCn1c2ccccc2c2cc(/C=N/N(CC(O)CSc3ccc(-c4ccc(SCC(O)CN(/N=C/c5ccc6c(c5)c5ccccc5n6CC)c5ccccc5)cc4)cc3)c3ccccc3)ccc21. The lowest BCUT2D eigenvalue weighted by Gasteiger charge is -2.22. The van der Waals surface area contributed by atoms with Crippen LogP contribution >= 0.6 is 23.5 Å². The molecule has 10 aromatic rings.